The minimum atomic E-state index is -0.480. The number of nitrogens with one attached hydrogen (secondary N) is 1. The molecular formula is C15H22F2N2O. The van der Waals surface area contributed by atoms with Gasteiger partial charge in [0.15, 0.2) is 0 Å². The van der Waals surface area contributed by atoms with Gasteiger partial charge >= 0.3 is 0 Å². The largest absolute Gasteiger partial charge is 0.378 e. The summed E-state index contributed by atoms with van der Waals surface area (Å²) in [6, 6.07) is 4.53. The molecule has 1 fully saturated rings. The van der Waals surface area contributed by atoms with E-state index in [1.807, 2.05) is 0 Å². The van der Waals surface area contributed by atoms with Crippen LogP contribution >= 0.6 is 0 Å². The van der Waals surface area contributed by atoms with Crippen LogP contribution in [0.15, 0.2) is 18.2 Å². The Morgan fingerprint density at radius 1 is 1.35 bits per heavy atom. The average Bonchev–Trinajstić information content (AvgIpc) is 2.42. The van der Waals surface area contributed by atoms with Crippen LogP contribution < -0.4 is 5.32 Å². The van der Waals surface area contributed by atoms with Gasteiger partial charge in [-0.05, 0) is 12.1 Å². The van der Waals surface area contributed by atoms with E-state index < -0.39 is 11.6 Å². The minimum absolute atomic E-state index is 0.143. The predicted octanol–water partition coefficient (Wildman–Crippen LogP) is 2.16. The molecule has 0 amide bonds. The third-order valence-corrected chi connectivity index (χ3v) is 3.53. The second-order valence-corrected chi connectivity index (χ2v) is 5.46. The van der Waals surface area contributed by atoms with E-state index in [4.69, 9.17) is 4.74 Å². The molecule has 3 nitrogen and oxygen atoms in total. The number of hydrogen-bond donors (Lipinski definition) is 1. The first kappa shape index (κ1) is 15.4. The van der Waals surface area contributed by atoms with Crippen LogP contribution in [0.4, 0.5) is 8.78 Å². The van der Waals surface area contributed by atoms with Crippen LogP contribution in [0.25, 0.3) is 0 Å². The molecule has 0 radical (unpaired) electrons. The summed E-state index contributed by atoms with van der Waals surface area (Å²) in [5.74, 6) is -0.959. The van der Waals surface area contributed by atoms with Crippen molar-refractivity contribution in [3.63, 3.8) is 0 Å². The van der Waals surface area contributed by atoms with E-state index in [0.717, 1.165) is 6.54 Å². The van der Waals surface area contributed by atoms with Gasteiger partial charge in [-0.25, -0.2) is 8.78 Å². The van der Waals surface area contributed by atoms with Crippen molar-refractivity contribution in [3.8, 4) is 0 Å². The first-order valence-electron chi connectivity index (χ1n) is 7.06. The highest BCUT2D eigenvalue weighted by atomic mass is 19.1. The van der Waals surface area contributed by atoms with Gasteiger partial charge in [0.1, 0.15) is 11.6 Å². The molecule has 5 heteroatoms. The number of hydrogen-bond acceptors (Lipinski definition) is 3. The Bertz CT molecular complexity index is 420. The van der Waals surface area contributed by atoms with Gasteiger partial charge in [0.05, 0.1) is 13.2 Å². The average molecular weight is 284 g/mol. The molecule has 1 aromatic carbocycles. The van der Waals surface area contributed by atoms with Crippen LogP contribution in [0.3, 0.4) is 0 Å². The van der Waals surface area contributed by atoms with Gasteiger partial charge in [-0.3, -0.25) is 4.90 Å². The van der Waals surface area contributed by atoms with E-state index in [2.05, 4.69) is 24.1 Å². The van der Waals surface area contributed by atoms with Crippen molar-refractivity contribution in [1.82, 2.24) is 10.2 Å². The molecule has 0 spiro atoms. The van der Waals surface area contributed by atoms with Crippen LogP contribution in [-0.2, 0) is 11.3 Å². The van der Waals surface area contributed by atoms with Gasteiger partial charge < -0.3 is 10.1 Å². The SMILES string of the molecule is CC(C)NCC1COCCN1Cc1c(F)cccc1F. The van der Waals surface area contributed by atoms with E-state index >= 15 is 0 Å². The van der Waals surface area contributed by atoms with Crippen LogP contribution in [0.1, 0.15) is 19.4 Å². The molecule has 1 saturated heterocycles. The first-order chi connectivity index (χ1) is 9.58. The molecule has 1 heterocycles. The predicted molar refractivity (Wildman–Crippen MR) is 74.5 cm³/mol. The highest BCUT2D eigenvalue weighted by molar-refractivity contribution is 5.19. The first-order valence-corrected chi connectivity index (χ1v) is 7.06. The van der Waals surface area contributed by atoms with E-state index in [9.17, 15) is 8.78 Å². The number of morpholine rings is 1. The molecule has 0 aliphatic carbocycles. The van der Waals surface area contributed by atoms with Crippen molar-refractivity contribution in [2.45, 2.75) is 32.5 Å². The molecule has 2 rings (SSSR count). The molecule has 1 atom stereocenters. The molecule has 1 aliphatic rings. The van der Waals surface area contributed by atoms with Crippen molar-refractivity contribution in [2.24, 2.45) is 0 Å². The van der Waals surface area contributed by atoms with Crippen LogP contribution in [0, 0.1) is 11.6 Å². The third kappa shape index (κ3) is 3.98. The molecule has 0 aromatic heterocycles. The Morgan fingerprint density at radius 2 is 2.05 bits per heavy atom. The maximum atomic E-state index is 13.7. The number of benzene rings is 1. The molecule has 20 heavy (non-hydrogen) atoms. The number of ether oxygens (including phenoxy) is 1. The zero-order valence-electron chi connectivity index (χ0n) is 12.0. The molecule has 1 aromatic rings. The fourth-order valence-electron chi connectivity index (χ4n) is 2.34. The van der Waals surface area contributed by atoms with Crippen LogP contribution in [0.5, 0.6) is 0 Å². The topological polar surface area (TPSA) is 24.5 Å². The summed E-state index contributed by atoms with van der Waals surface area (Å²) in [6.07, 6.45) is 0. The lowest BCUT2D eigenvalue weighted by Crippen LogP contribution is -2.50. The normalized spacial score (nSPS) is 20.6. The Hall–Kier alpha value is -1.04. The molecule has 1 unspecified atom stereocenters. The van der Waals surface area contributed by atoms with E-state index in [1.54, 1.807) is 0 Å². The lowest BCUT2D eigenvalue weighted by Gasteiger charge is -2.36. The van der Waals surface area contributed by atoms with E-state index in [0.29, 0.717) is 25.8 Å². The van der Waals surface area contributed by atoms with Gasteiger partial charge in [-0.15, -0.1) is 0 Å². The Kier molecular flexibility index (Phi) is 5.46. The monoisotopic (exact) mass is 284 g/mol. The maximum Gasteiger partial charge on any atom is 0.130 e. The van der Waals surface area contributed by atoms with Crippen molar-refractivity contribution in [2.75, 3.05) is 26.3 Å². The van der Waals surface area contributed by atoms with Crippen molar-refractivity contribution < 1.29 is 13.5 Å². The molecular weight excluding hydrogens is 262 g/mol. The van der Waals surface area contributed by atoms with E-state index in [1.165, 1.54) is 18.2 Å². The lowest BCUT2D eigenvalue weighted by molar-refractivity contribution is -0.0123. The van der Waals surface area contributed by atoms with Crippen molar-refractivity contribution in [3.05, 3.63) is 35.4 Å². The van der Waals surface area contributed by atoms with Crippen LogP contribution in [0.2, 0.25) is 0 Å². The van der Waals surface area contributed by atoms with Crippen molar-refractivity contribution >= 4 is 0 Å². The highest BCUT2D eigenvalue weighted by Gasteiger charge is 2.25. The molecule has 1 aliphatic heterocycles. The second-order valence-electron chi connectivity index (χ2n) is 5.46. The zero-order valence-corrected chi connectivity index (χ0v) is 12.0. The van der Waals surface area contributed by atoms with Gasteiger partial charge in [0, 0.05) is 37.3 Å². The Balaban J connectivity index is 2.04. The summed E-state index contributed by atoms with van der Waals surface area (Å²) in [5.41, 5.74) is 0.143. The minimum Gasteiger partial charge on any atom is -0.378 e. The fourth-order valence-corrected chi connectivity index (χ4v) is 2.34. The fraction of sp³-hybridized carbons (Fsp3) is 0.600. The molecule has 0 saturated carbocycles. The van der Waals surface area contributed by atoms with Gasteiger partial charge in [0.25, 0.3) is 0 Å². The smallest absolute Gasteiger partial charge is 0.130 e. The summed E-state index contributed by atoms with van der Waals surface area (Å²) in [6.45, 7) is 7.08. The molecule has 112 valence electrons. The number of nitrogens with zero attached hydrogens (tertiary/aromatic N) is 1. The quantitative estimate of drug-likeness (QED) is 0.897. The van der Waals surface area contributed by atoms with Crippen molar-refractivity contribution in [1.29, 1.82) is 0 Å². The number of rotatable bonds is 5. The maximum absolute atomic E-state index is 13.7. The van der Waals surface area contributed by atoms with Gasteiger partial charge in [0.2, 0.25) is 0 Å². The summed E-state index contributed by atoms with van der Waals surface area (Å²) >= 11 is 0. The zero-order chi connectivity index (χ0) is 14.5. The lowest BCUT2D eigenvalue weighted by atomic mass is 10.1. The van der Waals surface area contributed by atoms with Gasteiger partial charge in [-0.1, -0.05) is 19.9 Å². The summed E-state index contributed by atoms with van der Waals surface area (Å²) in [5, 5.41) is 3.35. The highest BCUT2D eigenvalue weighted by Crippen LogP contribution is 2.17. The van der Waals surface area contributed by atoms with Crippen LogP contribution in [-0.4, -0.2) is 43.3 Å². The van der Waals surface area contributed by atoms with E-state index in [-0.39, 0.29) is 18.2 Å². The Morgan fingerprint density at radius 3 is 2.70 bits per heavy atom. The summed E-state index contributed by atoms with van der Waals surface area (Å²) < 4.78 is 32.9. The molecule has 1 N–H and O–H groups in total. The standard InChI is InChI=1S/C15H22F2N2O/c1-11(2)18-8-12-10-20-7-6-19(12)9-13-14(16)4-3-5-15(13)17/h3-5,11-12,18H,6-10H2,1-2H3. The van der Waals surface area contributed by atoms with Gasteiger partial charge in [-0.2, -0.15) is 0 Å². The third-order valence-electron chi connectivity index (χ3n) is 3.53. The summed E-state index contributed by atoms with van der Waals surface area (Å²) in [4.78, 5) is 2.08. The second kappa shape index (κ2) is 7.11. The number of halogens is 2. The Labute approximate surface area is 118 Å². The summed E-state index contributed by atoms with van der Waals surface area (Å²) in [7, 11) is 0. The molecule has 0 bridgehead atoms.